The first kappa shape index (κ1) is 12.0. The molecule has 0 fully saturated rings. The second-order valence-corrected chi connectivity index (χ2v) is 4.13. The topological polar surface area (TPSA) is 158 Å². The first-order valence-electron chi connectivity index (χ1n) is 5.63. The van der Waals surface area contributed by atoms with Gasteiger partial charge in [-0.1, -0.05) is 0 Å². The molecule has 0 saturated heterocycles. The van der Waals surface area contributed by atoms with Gasteiger partial charge in [0.1, 0.15) is 11.1 Å². The number of pyridine rings is 1. The number of nitrogens with one attached hydrogen (secondary N) is 3. The van der Waals surface area contributed by atoms with Crippen molar-refractivity contribution >= 4 is 27.7 Å². The second kappa shape index (κ2) is 4.24. The molecule has 8 N–H and O–H groups in total. The Morgan fingerprint density at radius 3 is 2.95 bits per heavy atom. The minimum absolute atomic E-state index is 0.0875. The number of aromatic amines is 2. The Morgan fingerprint density at radius 1 is 1.45 bits per heavy atom. The van der Waals surface area contributed by atoms with E-state index in [1.807, 2.05) is 5.43 Å². The number of hydrogen-bond donors (Lipinski definition) is 6. The Kier molecular flexibility index (Phi) is 2.54. The lowest BCUT2D eigenvalue weighted by molar-refractivity contribution is 0.0949. The quantitative estimate of drug-likeness (QED) is 0.193. The van der Waals surface area contributed by atoms with Crippen LogP contribution >= 0.6 is 0 Å². The van der Waals surface area contributed by atoms with Crippen molar-refractivity contribution in [1.29, 1.82) is 0 Å². The number of nitrogens with two attached hydrogens (primary N) is 2. The van der Waals surface area contributed by atoms with E-state index in [1.54, 1.807) is 12.1 Å². The molecule has 9 nitrogen and oxygen atoms in total. The number of carbonyl (C=O) groups excluding carboxylic acids is 1. The number of nitrogens with zero attached hydrogens (tertiary/aromatic N) is 2. The minimum Gasteiger partial charge on any atom is -0.493 e. The molecule has 0 spiro atoms. The first-order valence-corrected chi connectivity index (χ1v) is 5.63. The Bertz CT molecular complexity index is 893. The van der Waals surface area contributed by atoms with Gasteiger partial charge in [0.2, 0.25) is 5.88 Å². The molecular formula is C11H11N7O2. The molecule has 1 aromatic carbocycles. The maximum absolute atomic E-state index is 11.6. The summed E-state index contributed by atoms with van der Waals surface area (Å²) in [5, 5.41) is 21.5. The van der Waals surface area contributed by atoms with Crippen molar-refractivity contribution in [2.75, 3.05) is 0 Å². The molecule has 0 radical (unpaired) electrons. The predicted octanol–water partition coefficient (Wildman–Crippen LogP) is -0.872. The van der Waals surface area contributed by atoms with Crippen molar-refractivity contribution in [3.8, 4) is 5.88 Å². The minimum atomic E-state index is -0.509. The number of aromatic hydroxyl groups is 1. The molecule has 3 aromatic rings. The fourth-order valence-corrected chi connectivity index (χ4v) is 2.13. The SMILES string of the molecule is N/N=c1\ccc2c(O)[nH]nc3cc(C(=O)NN)[nH]c1c32. The molecule has 2 heterocycles. The summed E-state index contributed by atoms with van der Waals surface area (Å²) in [6.07, 6.45) is 0. The van der Waals surface area contributed by atoms with E-state index in [9.17, 15) is 9.90 Å². The third kappa shape index (κ3) is 1.57. The van der Waals surface area contributed by atoms with Crippen LogP contribution in [-0.4, -0.2) is 26.2 Å². The molecule has 0 aliphatic rings. The molecule has 20 heavy (non-hydrogen) atoms. The largest absolute Gasteiger partial charge is 0.493 e. The number of benzene rings is 1. The van der Waals surface area contributed by atoms with Gasteiger partial charge in [-0.15, -0.1) is 0 Å². The Labute approximate surface area is 111 Å². The van der Waals surface area contributed by atoms with Crippen molar-refractivity contribution in [1.82, 2.24) is 20.6 Å². The summed E-state index contributed by atoms with van der Waals surface area (Å²) >= 11 is 0. The van der Waals surface area contributed by atoms with E-state index in [0.717, 1.165) is 0 Å². The van der Waals surface area contributed by atoms with Gasteiger partial charge in [0, 0.05) is 10.8 Å². The Balaban J connectivity index is 2.55. The summed E-state index contributed by atoms with van der Waals surface area (Å²) in [7, 11) is 0. The molecule has 0 unspecified atom stereocenters. The van der Waals surface area contributed by atoms with Crippen LogP contribution < -0.4 is 22.5 Å². The van der Waals surface area contributed by atoms with Crippen LogP contribution in [-0.2, 0) is 0 Å². The lowest BCUT2D eigenvalue weighted by Gasteiger charge is -2.09. The van der Waals surface area contributed by atoms with Crippen LogP contribution in [0.15, 0.2) is 23.3 Å². The van der Waals surface area contributed by atoms with Crippen molar-refractivity contribution in [2.24, 2.45) is 16.8 Å². The van der Waals surface area contributed by atoms with Crippen molar-refractivity contribution in [2.45, 2.75) is 0 Å². The van der Waals surface area contributed by atoms with Gasteiger partial charge in [0.05, 0.1) is 11.0 Å². The number of hydrazine groups is 1. The van der Waals surface area contributed by atoms with Gasteiger partial charge in [-0.3, -0.25) is 10.2 Å². The van der Waals surface area contributed by atoms with Gasteiger partial charge >= 0.3 is 0 Å². The van der Waals surface area contributed by atoms with E-state index in [-0.39, 0.29) is 11.6 Å². The molecule has 1 amide bonds. The zero-order valence-electron chi connectivity index (χ0n) is 10.1. The maximum atomic E-state index is 11.6. The number of H-pyrrole nitrogens is 2. The molecule has 0 saturated carbocycles. The van der Waals surface area contributed by atoms with Gasteiger partial charge in [0.15, 0.2) is 0 Å². The maximum Gasteiger partial charge on any atom is 0.281 e. The lowest BCUT2D eigenvalue weighted by atomic mass is 10.1. The molecule has 0 bridgehead atoms. The smallest absolute Gasteiger partial charge is 0.281 e. The predicted molar refractivity (Wildman–Crippen MR) is 71.0 cm³/mol. The summed E-state index contributed by atoms with van der Waals surface area (Å²) in [5.74, 6) is 9.85. The number of amides is 1. The molecule has 2 aromatic heterocycles. The third-order valence-corrected chi connectivity index (χ3v) is 3.03. The van der Waals surface area contributed by atoms with Crippen LogP contribution in [0.1, 0.15) is 10.5 Å². The summed E-state index contributed by atoms with van der Waals surface area (Å²) in [6, 6.07) is 4.78. The van der Waals surface area contributed by atoms with Crippen molar-refractivity contribution in [3.63, 3.8) is 0 Å². The number of hydrogen-bond acceptors (Lipinski definition) is 6. The van der Waals surface area contributed by atoms with Crippen LogP contribution in [0.5, 0.6) is 5.88 Å². The fourth-order valence-electron chi connectivity index (χ4n) is 2.13. The van der Waals surface area contributed by atoms with E-state index in [4.69, 9.17) is 11.7 Å². The summed E-state index contributed by atoms with van der Waals surface area (Å²) in [4.78, 5) is 14.5. The standard InChI is InChI=1S/C11H11N7O2/c12-15-5-2-1-4-8-6(17-18-10(4)19)3-7(11(20)16-13)14-9(5)8/h1-3,14,18-19H,12-13H2,(H,16,20)/b15-5+. The third-order valence-electron chi connectivity index (χ3n) is 3.03. The highest BCUT2D eigenvalue weighted by molar-refractivity contribution is 6.10. The van der Waals surface area contributed by atoms with Crippen molar-refractivity contribution in [3.05, 3.63) is 29.3 Å². The number of aromatic nitrogens is 3. The molecule has 0 atom stereocenters. The number of carbonyl (C=O) groups is 1. The highest BCUT2D eigenvalue weighted by Crippen LogP contribution is 2.27. The van der Waals surface area contributed by atoms with Gasteiger partial charge in [0.25, 0.3) is 5.91 Å². The van der Waals surface area contributed by atoms with E-state index in [0.29, 0.717) is 27.2 Å². The van der Waals surface area contributed by atoms with Gasteiger partial charge in [-0.05, 0) is 18.2 Å². The zero-order valence-corrected chi connectivity index (χ0v) is 10.1. The first-order chi connectivity index (χ1) is 9.65. The van der Waals surface area contributed by atoms with E-state index in [1.165, 1.54) is 6.07 Å². The van der Waals surface area contributed by atoms with Crippen LogP contribution in [0.25, 0.3) is 21.8 Å². The van der Waals surface area contributed by atoms with Crippen LogP contribution in [0, 0.1) is 0 Å². The molecule has 0 aliphatic carbocycles. The number of rotatable bonds is 1. The Hall–Kier alpha value is -3.07. The average Bonchev–Trinajstić information content (AvgIpc) is 2.49. The van der Waals surface area contributed by atoms with Crippen LogP contribution in [0.2, 0.25) is 0 Å². The summed E-state index contributed by atoms with van der Waals surface area (Å²) in [6.45, 7) is 0. The van der Waals surface area contributed by atoms with E-state index < -0.39 is 5.91 Å². The van der Waals surface area contributed by atoms with Gasteiger partial charge in [-0.25, -0.2) is 10.9 Å². The molecule has 3 rings (SSSR count). The molecule has 102 valence electrons. The summed E-state index contributed by atoms with van der Waals surface area (Å²) < 4.78 is 0. The van der Waals surface area contributed by atoms with Gasteiger partial charge < -0.3 is 15.9 Å². The molecular weight excluding hydrogens is 262 g/mol. The monoisotopic (exact) mass is 273 g/mol. The average molecular weight is 273 g/mol. The fraction of sp³-hybridized carbons (Fsp3) is 0. The highest BCUT2D eigenvalue weighted by atomic mass is 16.3. The summed E-state index contributed by atoms with van der Waals surface area (Å²) in [5.41, 5.74) is 3.18. The van der Waals surface area contributed by atoms with E-state index >= 15 is 0 Å². The normalized spacial score (nSPS) is 12.2. The van der Waals surface area contributed by atoms with Crippen molar-refractivity contribution < 1.29 is 9.90 Å². The van der Waals surface area contributed by atoms with E-state index in [2.05, 4.69) is 20.3 Å². The lowest BCUT2D eigenvalue weighted by Crippen LogP contribution is -2.31. The van der Waals surface area contributed by atoms with Gasteiger partial charge in [-0.2, -0.15) is 10.2 Å². The zero-order chi connectivity index (χ0) is 14.3. The van der Waals surface area contributed by atoms with Crippen LogP contribution in [0.3, 0.4) is 0 Å². The highest BCUT2D eigenvalue weighted by Gasteiger charge is 2.14. The second-order valence-electron chi connectivity index (χ2n) is 4.13. The molecule has 9 heteroatoms. The number of nitrogen functional groups attached to an aromatic ring is 1. The molecule has 0 aliphatic heterocycles. The Morgan fingerprint density at radius 2 is 2.25 bits per heavy atom. The van der Waals surface area contributed by atoms with Crippen LogP contribution in [0.4, 0.5) is 0 Å².